The summed E-state index contributed by atoms with van der Waals surface area (Å²) >= 11 is 0. The number of ether oxygens (including phenoxy) is 1. The van der Waals surface area contributed by atoms with Crippen LogP contribution in [0.2, 0.25) is 0 Å². The first-order chi connectivity index (χ1) is 13.7. The average Bonchev–Trinajstić information content (AvgIpc) is 2.94. The zero-order valence-electron chi connectivity index (χ0n) is 15.0. The van der Waals surface area contributed by atoms with Crippen molar-refractivity contribution >= 4 is 17.8 Å². The van der Waals surface area contributed by atoms with Crippen LogP contribution >= 0.6 is 0 Å². The summed E-state index contributed by atoms with van der Waals surface area (Å²) in [6, 6.07) is 7.37. The minimum atomic E-state index is -5.29. The number of hydrogen-bond donors (Lipinski definition) is 2. The predicted molar refractivity (Wildman–Crippen MR) is 92.6 cm³/mol. The lowest BCUT2D eigenvalue weighted by molar-refractivity contribution is -0.200. The fourth-order valence-electron chi connectivity index (χ4n) is 2.72. The molecule has 4 amide bonds. The number of amides is 4. The Morgan fingerprint density at radius 3 is 2.48 bits per heavy atom. The second kappa shape index (κ2) is 7.41. The van der Waals surface area contributed by atoms with Crippen molar-refractivity contribution in [1.82, 2.24) is 20.5 Å². The van der Waals surface area contributed by atoms with E-state index in [1.807, 2.05) is 0 Å². The molecular formula is C18H15F3N4O4. The normalized spacial score (nSPS) is 19.1. The summed E-state index contributed by atoms with van der Waals surface area (Å²) in [4.78, 5) is 41.1. The second-order valence-electron chi connectivity index (χ2n) is 6.11. The van der Waals surface area contributed by atoms with Crippen LogP contribution in [0.4, 0.5) is 18.0 Å². The number of rotatable bonds is 5. The van der Waals surface area contributed by atoms with E-state index in [0.717, 1.165) is 6.20 Å². The van der Waals surface area contributed by atoms with Gasteiger partial charge < -0.3 is 10.1 Å². The zero-order valence-corrected chi connectivity index (χ0v) is 15.0. The van der Waals surface area contributed by atoms with Crippen LogP contribution in [0.1, 0.15) is 15.9 Å². The van der Waals surface area contributed by atoms with Gasteiger partial charge >= 0.3 is 12.2 Å². The molecule has 152 valence electrons. The van der Waals surface area contributed by atoms with Gasteiger partial charge in [-0.15, -0.1) is 0 Å². The molecule has 1 unspecified atom stereocenters. The number of nitrogens with zero attached hydrogens (tertiary/aromatic N) is 2. The second-order valence-corrected chi connectivity index (χ2v) is 6.11. The number of imide groups is 1. The third-order valence-corrected chi connectivity index (χ3v) is 4.26. The number of urea groups is 1. The van der Waals surface area contributed by atoms with Crippen molar-refractivity contribution in [2.75, 3.05) is 7.11 Å². The number of carbonyl (C=O) groups excluding carboxylic acids is 3. The molecule has 29 heavy (non-hydrogen) atoms. The maximum absolute atomic E-state index is 13.8. The van der Waals surface area contributed by atoms with E-state index in [0.29, 0.717) is 16.2 Å². The van der Waals surface area contributed by atoms with E-state index in [4.69, 9.17) is 4.74 Å². The molecule has 0 spiro atoms. The van der Waals surface area contributed by atoms with Gasteiger partial charge in [0, 0.05) is 12.4 Å². The molecule has 0 aliphatic carbocycles. The first-order valence-electron chi connectivity index (χ1n) is 8.24. The standard InChI is InChI=1S/C18H15F3N4O4/c1-29-13-6-4-11(5-7-13)10-25-15(27)17(18(19,20)21,24-16(25)28)23-14(26)12-3-2-8-22-9-12/h2-9H,10H2,1H3,(H,23,26)(H,24,28). The Hall–Kier alpha value is -3.63. The number of hydrogen-bond acceptors (Lipinski definition) is 5. The maximum Gasteiger partial charge on any atom is 0.440 e. The van der Waals surface area contributed by atoms with Crippen molar-refractivity contribution in [2.45, 2.75) is 18.4 Å². The molecule has 2 aromatic rings. The lowest BCUT2D eigenvalue weighted by Gasteiger charge is -2.29. The smallest absolute Gasteiger partial charge is 0.440 e. The number of benzene rings is 1. The highest BCUT2D eigenvalue weighted by molar-refractivity contribution is 6.10. The van der Waals surface area contributed by atoms with E-state index in [9.17, 15) is 27.6 Å². The number of pyridine rings is 1. The molecule has 1 aliphatic heterocycles. The lowest BCUT2D eigenvalue weighted by Crippen LogP contribution is -2.69. The number of alkyl halides is 3. The highest BCUT2D eigenvalue weighted by atomic mass is 19.4. The number of halogens is 3. The summed E-state index contributed by atoms with van der Waals surface area (Å²) in [6.07, 6.45) is -2.92. The number of carbonyl (C=O) groups is 3. The molecule has 1 fully saturated rings. The number of aromatic nitrogens is 1. The molecule has 1 aromatic heterocycles. The molecule has 1 saturated heterocycles. The van der Waals surface area contributed by atoms with Gasteiger partial charge in [0.15, 0.2) is 0 Å². The molecule has 0 radical (unpaired) electrons. The summed E-state index contributed by atoms with van der Waals surface area (Å²) in [5.74, 6) is -2.35. The fourth-order valence-corrected chi connectivity index (χ4v) is 2.72. The molecule has 0 bridgehead atoms. The summed E-state index contributed by atoms with van der Waals surface area (Å²) in [7, 11) is 1.44. The average molecular weight is 408 g/mol. The van der Waals surface area contributed by atoms with Gasteiger partial charge in [0.2, 0.25) is 0 Å². The van der Waals surface area contributed by atoms with Gasteiger partial charge in [-0.25, -0.2) is 4.79 Å². The van der Waals surface area contributed by atoms with Crippen LogP contribution in [0.15, 0.2) is 48.8 Å². The Bertz CT molecular complexity index is 934. The van der Waals surface area contributed by atoms with E-state index in [2.05, 4.69) is 4.98 Å². The molecule has 11 heteroatoms. The Morgan fingerprint density at radius 2 is 1.93 bits per heavy atom. The van der Waals surface area contributed by atoms with Gasteiger partial charge in [0.25, 0.3) is 17.5 Å². The van der Waals surface area contributed by atoms with Gasteiger partial charge in [-0.05, 0) is 29.8 Å². The summed E-state index contributed by atoms with van der Waals surface area (Å²) < 4.78 is 46.4. The van der Waals surface area contributed by atoms with Gasteiger partial charge in [0.05, 0.1) is 19.2 Å². The third-order valence-electron chi connectivity index (χ3n) is 4.26. The molecule has 8 nitrogen and oxygen atoms in total. The monoisotopic (exact) mass is 408 g/mol. The topological polar surface area (TPSA) is 101 Å². The predicted octanol–water partition coefficient (Wildman–Crippen LogP) is 1.83. The number of methoxy groups -OCH3 is 1. The minimum absolute atomic E-state index is 0.202. The van der Waals surface area contributed by atoms with E-state index < -0.39 is 36.2 Å². The zero-order chi connectivity index (χ0) is 21.2. The van der Waals surface area contributed by atoms with Crippen molar-refractivity contribution in [3.05, 3.63) is 59.9 Å². The Morgan fingerprint density at radius 1 is 1.24 bits per heavy atom. The van der Waals surface area contributed by atoms with Crippen LogP contribution in [0.25, 0.3) is 0 Å². The van der Waals surface area contributed by atoms with Gasteiger partial charge in [-0.3, -0.25) is 24.8 Å². The highest BCUT2D eigenvalue weighted by Crippen LogP contribution is 2.34. The van der Waals surface area contributed by atoms with E-state index in [-0.39, 0.29) is 5.56 Å². The fraction of sp³-hybridized carbons (Fsp3) is 0.222. The Labute approximate surface area is 162 Å². The Kier molecular flexibility index (Phi) is 5.14. The van der Waals surface area contributed by atoms with Gasteiger partial charge in [0.1, 0.15) is 5.75 Å². The van der Waals surface area contributed by atoms with Crippen LogP contribution in [0, 0.1) is 0 Å². The molecule has 0 saturated carbocycles. The van der Waals surface area contributed by atoms with Crippen molar-refractivity contribution in [3.63, 3.8) is 0 Å². The van der Waals surface area contributed by atoms with Crippen molar-refractivity contribution < 1.29 is 32.3 Å². The molecular weight excluding hydrogens is 393 g/mol. The molecule has 2 heterocycles. The van der Waals surface area contributed by atoms with Crippen LogP contribution in [-0.4, -0.2) is 46.7 Å². The summed E-state index contributed by atoms with van der Waals surface area (Å²) in [6.45, 7) is -0.421. The maximum atomic E-state index is 13.8. The SMILES string of the molecule is COc1ccc(CN2C(=O)NC(NC(=O)c3cccnc3)(C(F)(F)F)C2=O)cc1. The third kappa shape index (κ3) is 3.71. The number of nitrogens with one attached hydrogen (secondary N) is 2. The first-order valence-corrected chi connectivity index (χ1v) is 8.24. The van der Waals surface area contributed by atoms with E-state index >= 15 is 0 Å². The van der Waals surface area contributed by atoms with Crippen molar-refractivity contribution in [1.29, 1.82) is 0 Å². The molecule has 1 atom stereocenters. The van der Waals surface area contributed by atoms with Crippen molar-refractivity contribution in [2.24, 2.45) is 0 Å². The van der Waals surface area contributed by atoms with Gasteiger partial charge in [-0.2, -0.15) is 13.2 Å². The van der Waals surface area contributed by atoms with E-state index in [1.165, 1.54) is 49.7 Å². The van der Waals surface area contributed by atoms with E-state index in [1.54, 1.807) is 10.6 Å². The van der Waals surface area contributed by atoms with Gasteiger partial charge in [-0.1, -0.05) is 12.1 Å². The lowest BCUT2D eigenvalue weighted by atomic mass is 10.1. The highest BCUT2D eigenvalue weighted by Gasteiger charge is 2.68. The molecule has 1 aromatic carbocycles. The molecule has 3 rings (SSSR count). The largest absolute Gasteiger partial charge is 0.497 e. The van der Waals surface area contributed by atoms with Crippen LogP contribution in [0.3, 0.4) is 0 Å². The summed E-state index contributed by atoms with van der Waals surface area (Å²) in [5, 5.41) is 3.20. The van der Waals surface area contributed by atoms with Crippen LogP contribution in [0.5, 0.6) is 5.75 Å². The van der Waals surface area contributed by atoms with Crippen molar-refractivity contribution in [3.8, 4) is 5.75 Å². The van der Waals surface area contributed by atoms with Crippen LogP contribution < -0.4 is 15.4 Å². The Balaban J connectivity index is 1.89. The molecule has 2 N–H and O–H groups in total. The quantitative estimate of drug-likeness (QED) is 0.736. The first kappa shape index (κ1) is 20.1. The molecule has 1 aliphatic rings. The minimum Gasteiger partial charge on any atom is -0.497 e. The van der Waals surface area contributed by atoms with Crippen LogP contribution in [-0.2, 0) is 11.3 Å². The summed E-state index contributed by atoms with van der Waals surface area (Å²) in [5.41, 5.74) is -3.39.